The van der Waals surface area contributed by atoms with Crippen molar-refractivity contribution in [1.29, 1.82) is 0 Å². The van der Waals surface area contributed by atoms with Crippen molar-refractivity contribution >= 4 is 11.9 Å². The number of aliphatic carboxylic acids is 1. The molecule has 5 heteroatoms. The molecule has 0 spiro atoms. The monoisotopic (exact) mass is 241 g/mol. The second kappa shape index (κ2) is 4.29. The van der Waals surface area contributed by atoms with Crippen molar-refractivity contribution in [3.8, 4) is 0 Å². The minimum absolute atomic E-state index is 0.251. The normalized spacial score (nSPS) is 24.3. The van der Waals surface area contributed by atoms with Gasteiger partial charge < -0.3 is 15.2 Å². The van der Waals surface area contributed by atoms with Gasteiger partial charge in [0, 0.05) is 13.7 Å². The van der Waals surface area contributed by atoms with Crippen LogP contribution in [0.3, 0.4) is 0 Å². The lowest BCUT2D eigenvalue weighted by atomic mass is 9.68. The predicted octanol–water partition coefficient (Wildman–Crippen LogP) is 0.927. The van der Waals surface area contributed by atoms with E-state index in [0.29, 0.717) is 19.4 Å². The lowest BCUT2D eigenvalue weighted by Gasteiger charge is -2.42. The Labute approximate surface area is 101 Å². The highest BCUT2D eigenvalue weighted by molar-refractivity contribution is 6.02. The first-order valence-corrected chi connectivity index (χ1v) is 6.12. The number of carboxylic acid groups (broad SMARTS) is 1. The van der Waals surface area contributed by atoms with E-state index in [-0.39, 0.29) is 11.5 Å². The molecule has 0 saturated heterocycles. The maximum atomic E-state index is 11.9. The largest absolute Gasteiger partial charge is 0.480 e. The summed E-state index contributed by atoms with van der Waals surface area (Å²) in [6.45, 7) is 0.428. The molecule has 0 atom stereocenters. The number of amides is 1. The van der Waals surface area contributed by atoms with E-state index < -0.39 is 11.4 Å². The molecule has 2 rings (SSSR count). The van der Waals surface area contributed by atoms with Gasteiger partial charge in [-0.3, -0.25) is 9.59 Å². The third kappa shape index (κ3) is 1.92. The molecule has 0 bridgehead atoms. The van der Waals surface area contributed by atoms with E-state index in [1.807, 2.05) is 0 Å². The lowest BCUT2D eigenvalue weighted by molar-refractivity contribution is -0.163. The van der Waals surface area contributed by atoms with Gasteiger partial charge in [0.2, 0.25) is 5.91 Å². The van der Waals surface area contributed by atoms with Crippen LogP contribution in [-0.4, -0.2) is 36.2 Å². The average Bonchev–Trinajstić information content (AvgIpc) is 2.14. The smallest absolute Gasteiger partial charge is 0.319 e. The number of rotatable bonds is 5. The topological polar surface area (TPSA) is 75.6 Å². The Balaban J connectivity index is 1.91. The quantitative estimate of drug-likeness (QED) is 0.702. The van der Waals surface area contributed by atoms with Crippen LogP contribution in [0.2, 0.25) is 0 Å². The number of hydrogen-bond acceptors (Lipinski definition) is 3. The van der Waals surface area contributed by atoms with Crippen LogP contribution in [0.25, 0.3) is 0 Å². The van der Waals surface area contributed by atoms with Gasteiger partial charge >= 0.3 is 5.97 Å². The molecule has 0 aromatic rings. The molecule has 0 heterocycles. The summed E-state index contributed by atoms with van der Waals surface area (Å²) in [5.74, 6) is -1.35. The zero-order chi connectivity index (χ0) is 12.5. The first-order chi connectivity index (χ1) is 8.05. The molecule has 0 unspecified atom stereocenters. The summed E-state index contributed by atoms with van der Waals surface area (Å²) in [4.78, 5) is 23.1. The summed E-state index contributed by atoms with van der Waals surface area (Å²) in [5.41, 5.74) is -1.42. The van der Waals surface area contributed by atoms with Crippen molar-refractivity contribution < 1.29 is 19.4 Å². The molecule has 17 heavy (non-hydrogen) atoms. The van der Waals surface area contributed by atoms with Gasteiger partial charge in [-0.1, -0.05) is 6.42 Å². The fourth-order valence-electron chi connectivity index (χ4n) is 2.50. The molecular weight excluding hydrogens is 222 g/mol. The van der Waals surface area contributed by atoms with Crippen LogP contribution in [0.1, 0.15) is 38.5 Å². The Morgan fingerprint density at radius 3 is 2.12 bits per heavy atom. The zero-order valence-corrected chi connectivity index (χ0v) is 10.1. The van der Waals surface area contributed by atoms with Crippen molar-refractivity contribution in [2.24, 2.45) is 5.41 Å². The number of hydrogen-bond donors (Lipinski definition) is 2. The standard InChI is InChI=1S/C12H19NO4/c1-17-11(4-2-5-11)8-13-9(14)12(10(15)16)6-3-7-12/h2-8H2,1H3,(H,13,14)(H,15,16). The molecule has 2 saturated carbocycles. The molecule has 2 aliphatic rings. The molecule has 1 amide bonds. The molecule has 0 radical (unpaired) electrons. The van der Waals surface area contributed by atoms with Crippen molar-refractivity contribution in [2.75, 3.05) is 13.7 Å². The number of carboxylic acids is 1. The predicted molar refractivity (Wildman–Crippen MR) is 60.5 cm³/mol. The summed E-state index contributed by atoms with van der Waals surface area (Å²) in [6.07, 6.45) is 4.69. The van der Waals surface area contributed by atoms with E-state index in [2.05, 4.69) is 5.32 Å². The van der Waals surface area contributed by atoms with Crippen molar-refractivity contribution in [3.05, 3.63) is 0 Å². The first-order valence-electron chi connectivity index (χ1n) is 6.12. The Bertz CT molecular complexity index is 326. The Hall–Kier alpha value is -1.10. The van der Waals surface area contributed by atoms with Crippen LogP contribution in [0.5, 0.6) is 0 Å². The van der Waals surface area contributed by atoms with Crippen LogP contribution in [0, 0.1) is 5.41 Å². The van der Waals surface area contributed by atoms with Gasteiger partial charge in [0.15, 0.2) is 0 Å². The van der Waals surface area contributed by atoms with E-state index in [1.54, 1.807) is 7.11 Å². The summed E-state index contributed by atoms with van der Waals surface area (Å²) < 4.78 is 5.39. The lowest BCUT2D eigenvalue weighted by Crippen LogP contribution is -2.56. The van der Waals surface area contributed by atoms with Crippen molar-refractivity contribution in [2.45, 2.75) is 44.1 Å². The van der Waals surface area contributed by atoms with Gasteiger partial charge in [0.25, 0.3) is 0 Å². The maximum Gasteiger partial charge on any atom is 0.319 e. The first kappa shape index (κ1) is 12.4. The van der Waals surface area contributed by atoms with E-state index >= 15 is 0 Å². The summed E-state index contributed by atoms with van der Waals surface area (Å²) >= 11 is 0. The minimum Gasteiger partial charge on any atom is -0.480 e. The van der Waals surface area contributed by atoms with E-state index in [1.165, 1.54) is 0 Å². The third-order valence-electron chi connectivity index (χ3n) is 4.32. The average molecular weight is 241 g/mol. The SMILES string of the molecule is COC1(CNC(=O)C2(C(=O)O)CCC2)CCC1. The third-order valence-corrected chi connectivity index (χ3v) is 4.32. The van der Waals surface area contributed by atoms with Crippen molar-refractivity contribution in [1.82, 2.24) is 5.32 Å². The number of nitrogens with one attached hydrogen (secondary N) is 1. The van der Waals surface area contributed by atoms with E-state index in [0.717, 1.165) is 25.7 Å². The second-order valence-electron chi connectivity index (χ2n) is 5.16. The van der Waals surface area contributed by atoms with E-state index in [9.17, 15) is 9.59 Å². The molecule has 0 aromatic carbocycles. The molecule has 96 valence electrons. The van der Waals surface area contributed by atoms with Crippen LogP contribution in [0.4, 0.5) is 0 Å². The Morgan fingerprint density at radius 2 is 1.82 bits per heavy atom. The minimum atomic E-state index is -1.17. The highest BCUT2D eigenvalue weighted by Crippen LogP contribution is 2.42. The second-order valence-corrected chi connectivity index (χ2v) is 5.16. The molecular formula is C12H19NO4. The number of methoxy groups -OCH3 is 1. The molecule has 0 aromatic heterocycles. The Kier molecular flexibility index (Phi) is 3.12. The molecule has 0 aliphatic heterocycles. The maximum absolute atomic E-state index is 11.9. The number of carbonyl (C=O) groups is 2. The highest BCUT2D eigenvalue weighted by Gasteiger charge is 2.51. The van der Waals surface area contributed by atoms with Crippen LogP contribution in [0.15, 0.2) is 0 Å². The van der Waals surface area contributed by atoms with Crippen LogP contribution >= 0.6 is 0 Å². The van der Waals surface area contributed by atoms with Gasteiger partial charge in [0.1, 0.15) is 5.41 Å². The molecule has 2 aliphatic carbocycles. The van der Waals surface area contributed by atoms with E-state index in [4.69, 9.17) is 9.84 Å². The van der Waals surface area contributed by atoms with Crippen molar-refractivity contribution in [3.63, 3.8) is 0 Å². The molecule has 2 N–H and O–H groups in total. The Morgan fingerprint density at radius 1 is 1.24 bits per heavy atom. The summed E-state index contributed by atoms with van der Waals surface area (Å²) in [7, 11) is 1.64. The summed E-state index contributed by atoms with van der Waals surface area (Å²) in [5, 5.41) is 11.9. The van der Waals surface area contributed by atoms with Gasteiger partial charge in [-0.2, -0.15) is 0 Å². The highest BCUT2D eigenvalue weighted by atomic mass is 16.5. The van der Waals surface area contributed by atoms with Crippen LogP contribution in [-0.2, 0) is 14.3 Å². The van der Waals surface area contributed by atoms with Gasteiger partial charge in [-0.15, -0.1) is 0 Å². The molecule has 2 fully saturated rings. The summed E-state index contributed by atoms with van der Waals surface area (Å²) in [6, 6.07) is 0. The van der Waals surface area contributed by atoms with Crippen LogP contribution < -0.4 is 5.32 Å². The van der Waals surface area contributed by atoms with Gasteiger partial charge in [-0.25, -0.2) is 0 Å². The van der Waals surface area contributed by atoms with Gasteiger partial charge in [-0.05, 0) is 32.1 Å². The number of ether oxygens (including phenoxy) is 1. The fraction of sp³-hybridized carbons (Fsp3) is 0.833. The number of carbonyl (C=O) groups excluding carboxylic acids is 1. The zero-order valence-electron chi connectivity index (χ0n) is 10.1. The fourth-order valence-corrected chi connectivity index (χ4v) is 2.50. The van der Waals surface area contributed by atoms with Gasteiger partial charge in [0.05, 0.1) is 5.60 Å². The molecule has 5 nitrogen and oxygen atoms in total.